The van der Waals surface area contributed by atoms with E-state index in [1.54, 1.807) is 6.07 Å². The molecule has 0 fully saturated rings. The zero-order valence-electron chi connectivity index (χ0n) is 7.16. The van der Waals surface area contributed by atoms with Gasteiger partial charge in [-0.2, -0.15) is 0 Å². The summed E-state index contributed by atoms with van der Waals surface area (Å²) in [7, 11) is 0. The van der Waals surface area contributed by atoms with Crippen LogP contribution in [-0.2, 0) is 11.2 Å². The number of ether oxygens (including phenoxy) is 1. The largest absolute Gasteiger partial charge is 0.393 e. The van der Waals surface area contributed by atoms with E-state index >= 15 is 0 Å². The Morgan fingerprint density at radius 1 is 1.54 bits per heavy atom. The summed E-state index contributed by atoms with van der Waals surface area (Å²) in [6, 6.07) is 4.60. The van der Waals surface area contributed by atoms with Crippen LogP contribution < -0.4 is 0 Å². The first-order valence-electron chi connectivity index (χ1n) is 4.32. The third-order valence-electron chi connectivity index (χ3n) is 2.31. The molecule has 0 aliphatic carbocycles. The molecule has 1 aliphatic rings. The lowest BCUT2D eigenvalue weighted by Crippen LogP contribution is -2.19. The molecule has 1 aromatic carbocycles. The van der Waals surface area contributed by atoms with Crippen molar-refractivity contribution in [3.8, 4) is 0 Å². The van der Waals surface area contributed by atoms with Crippen LogP contribution in [0.5, 0.6) is 0 Å². The zero-order chi connectivity index (χ0) is 9.26. The first kappa shape index (κ1) is 8.66. The normalized spacial score (nSPS) is 21.2. The van der Waals surface area contributed by atoms with Gasteiger partial charge < -0.3 is 9.84 Å². The number of hydrogen-bond donors (Lipinski definition) is 1. The van der Waals surface area contributed by atoms with Gasteiger partial charge in [0.2, 0.25) is 0 Å². The average Bonchev–Trinajstić information content (AvgIpc) is 2.16. The van der Waals surface area contributed by atoms with Crippen LogP contribution in [0, 0.1) is 5.82 Å². The van der Waals surface area contributed by atoms with Crippen molar-refractivity contribution in [2.75, 3.05) is 13.2 Å². The summed E-state index contributed by atoms with van der Waals surface area (Å²) in [5.41, 5.74) is 1.86. The fourth-order valence-corrected chi connectivity index (χ4v) is 1.66. The van der Waals surface area contributed by atoms with Crippen LogP contribution in [0.4, 0.5) is 4.39 Å². The van der Waals surface area contributed by atoms with E-state index in [-0.39, 0.29) is 18.5 Å². The molecule has 1 aromatic rings. The number of aliphatic hydroxyl groups is 1. The summed E-state index contributed by atoms with van der Waals surface area (Å²) < 4.78 is 18.1. The van der Waals surface area contributed by atoms with Crippen molar-refractivity contribution in [3.05, 3.63) is 35.1 Å². The van der Waals surface area contributed by atoms with E-state index in [4.69, 9.17) is 9.84 Å². The van der Waals surface area contributed by atoms with Crippen LogP contribution in [-0.4, -0.2) is 18.3 Å². The maximum Gasteiger partial charge on any atom is 0.123 e. The monoisotopic (exact) mass is 182 g/mol. The lowest BCUT2D eigenvalue weighted by molar-refractivity contribution is 0.00307. The van der Waals surface area contributed by atoms with Crippen LogP contribution in [0.15, 0.2) is 18.2 Å². The number of rotatable bonds is 1. The van der Waals surface area contributed by atoms with Gasteiger partial charge in [-0.3, -0.25) is 0 Å². The van der Waals surface area contributed by atoms with Gasteiger partial charge in [0.15, 0.2) is 0 Å². The second kappa shape index (κ2) is 3.44. The quantitative estimate of drug-likeness (QED) is 0.712. The van der Waals surface area contributed by atoms with E-state index in [0.29, 0.717) is 6.61 Å². The minimum absolute atomic E-state index is 0.0430. The van der Waals surface area contributed by atoms with Crippen LogP contribution in [0.25, 0.3) is 0 Å². The minimum Gasteiger partial charge on any atom is -0.393 e. The first-order chi connectivity index (χ1) is 6.31. The highest BCUT2D eigenvalue weighted by Gasteiger charge is 2.19. The molecular formula is C10H11FO2. The van der Waals surface area contributed by atoms with Crippen LogP contribution in [0.2, 0.25) is 0 Å². The van der Waals surface area contributed by atoms with Crippen molar-refractivity contribution in [1.29, 1.82) is 0 Å². The summed E-state index contributed by atoms with van der Waals surface area (Å²) in [5, 5.41) is 8.99. The van der Waals surface area contributed by atoms with Crippen LogP contribution in [0.1, 0.15) is 17.2 Å². The molecule has 1 N–H and O–H groups in total. The standard InChI is InChI=1S/C10H11FO2/c11-8-1-2-9-7(5-8)3-4-13-10(9)6-12/h1-2,5,10,12H,3-4,6H2. The smallest absolute Gasteiger partial charge is 0.123 e. The Hall–Kier alpha value is -0.930. The summed E-state index contributed by atoms with van der Waals surface area (Å²) in [5.74, 6) is -0.225. The second-order valence-electron chi connectivity index (χ2n) is 3.14. The Bertz CT molecular complexity index is 312. The Morgan fingerprint density at radius 2 is 2.38 bits per heavy atom. The van der Waals surface area contributed by atoms with Gasteiger partial charge >= 0.3 is 0 Å². The molecule has 0 amide bonds. The molecule has 3 heteroatoms. The molecule has 0 saturated carbocycles. The molecule has 0 bridgehead atoms. The second-order valence-corrected chi connectivity index (χ2v) is 3.14. The molecule has 0 saturated heterocycles. The van der Waals surface area contributed by atoms with Crippen molar-refractivity contribution in [1.82, 2.24) is 0 Å². The lowest BCUT2D eigenvalue weighted by Gasteiger charge is -2.24. The van der Waals surface area contributed by atoms with Gasteiger partial charge in [-0.25, -0.2) is 4.39 Å². The SMILES string of the molecule is OCC1OCCc2cc(F)ccc21. The van der Waals surface area contributed by atoms with E-state index in [0.717, 1.165) is 17.5 Å². The molecule has 0 aromatic heterocycles. The van der Waals surface area contributed by atoms with Crippen molar-refractivity contribution >= 4 is 0 Å². The van der Waals surface area contributed by atoms with Gasteiger partial charge in [0.25, 0.3) is 0 Å². The van der Waals surface area contributed by atoms with Gasteiger partial charge in [0.05, 0.1) is 13.2 Å². The molecule has 1 aliphatic heterocycles. The number of fused-ring (bicyclic) bond motifs is 1. The fraction of sp³-hybridized carbons (Fsp3) is 0.400. The highest BCUT2D eigenvalue weighted by Crippen LogP contribution is 2.26. The molecule has 2 nitrogen and oxygen atoms in total. The summed E-state index contributed by atoms with van der Waals surface area (Å²) >= 11 is 0. The molecule has 1 heterocycles. The van der Waals surface area contributed by atoms with Crippen molar-refractivity contribution in [3.63, 3.8) is 0 Å². The first-order valence-corrected chi connectivity index (χ1v) is 4.32. The zero-order valence-corrected chi connectivity index (χ0v) is 7.16. The third-order valence-corrected chi connectivity index (χ3v) is 2.31. The van der Waals surface area contributed by atoms with E-state index < -0.39 is 0 Å². The van der Waals surface area contributed by atoms with Gasteiger partial charge in [-0.15, -0.1) is 0 Å². The van der Waals surface area contributed by atoms with E-state index in [9.17, 15) is 4.39 Å². The topological polar surface area (TPSA) is 29.5 Å². The van der Waals surface area contributed by atoms with E-state index in [1.165, 1.54) is 12.1 Å². The molecule has 0 radical (unpaired) electrons. The average molecular weight is 182 g/mol. The van der Waals surface area contributed by atoms with E-state index in [2.05, 4.69) is 0 Å². The van der Waals surface area contributed by atoms with Gasteiger partial charge in [-0.05, 0) is 29.7 Å². The van der Waals surface area contributed by atoms with Gasteiger partial charge in [0.1, 0.15) is 11.9 Å². The maximum atomic E-state index is 12.8. The summed E-state index contributed by atoms with van der Waals surface area (Å²) in [4.78, 5) is 0. The number of hydrogen-bond acceptors (Lipinski definition) is 2. The molecule has 0 spiro atoms. The van der Waals surface area contributed by atoms with E-state index in [1.807, 2.05) is 0 Å². The number of benzene rings is 1. The number of halogens is 1. The number of aliphatic hydroxyl groups excluding tert-OH is 1. The van der Waals surface area contributed by atoms with Crippen molar-refractivity contribution in [2.24, 2.45) is 0 Å². The molecule has 2 rings (SSSR count). The third kappa shape index (κ3) is 1.57. The maximum absolute atomic E-state index is 12.8. The Morgan fingerprint density at radius 3 is 3.15 bits per heavy atom. The van der Waals surface area contributed by atoms with Crippen molar-refractivity contribution in [2.45, 2.75) is 12.5 Å². The predicted octanol–water partition coefficient (Wildman–Crippen LogP) is 1.43. The summed E-state index contributed by atoms with van der Waals surface area (Å²) in [6.07, 6.45) is 0.452. The molecule has 70 valence electrons. The van der Waals surface area contributed by atoms with Crippen molar-refractivity contribution < 1.29 is 14.2 Å². The van der Waals surface area contributed by atoms with Gasteiger partial charge in [0, 0.05) is 0 Å². The predicted molar refractivity (Wildman–Crippen MR) is 45.9 cm³/mol. The van der Waals surface area contributed by atoms with Crippen LogP contribution >= 0.6 is 0 Å². The molecule has 13 heavy (non-hydrogen) atoms. The minimum atomic E-state index is -0.274. The highest BCUT2D eigenvalue weighted by molar-refractivity contribution is 5.31. The summed E-state index contributed by atoms with van der Waals surface area (Å²) in [6.45, 7) is 0.514. The Kier molecular flexibility index (Phi) is 2.29. The van der Waals surface area contributed by atoms with Crippen LogP contribution in [0.3, 0.4) is 0 Å². The Balaban J connectivity index is 2.40. The molecular weight excluding hydrogens is 171 g/mol. The molecule has 1 unspecified atom stereocenters. The molecule has 1 atom stereocenters. The Labute approximate surface area is 76.0 Å². The highest BCUT2D eigenvalue weighted by atomic mass is 19.1. The fourth-order valence-electron chi connectivity index (χ4n) is 1.66. The lowest BCUT2D eigenvalue weighted by atomic mass is 9.98. The van der Waals surface area contributed by atoms with Gasteiger partial charge in [-0.1, -0.05) is 6.07 Å².